The van der Waals surface area contributed by atoms with Gasteiger partial charge in [0.15, 0.2) is 19.8 Å². The Bertz CT molecular complexity index is 2280. The fourth-order valence-corrected chi connectivity index (χ4v) is 8.72. The largest absolute Gasteiger partial charge is 0.482 e. The molecule has 12 heteroatoms. The maximum Gasteiger partial charge on any atom is 0.344 e. The highest BCUT2D eigenvalue weighted by Gasteiger charge is 2.33. The number of esters is 3. The highest BCUT2D eigenvalue weighted by molar-refractivity contribution is 14.1. The Morgan fingerprint density at radius 3 is 1.26 bits per heavy atom. The van der Waals surface area contributed by atoms with E-state index in [-0.39, 0.29) is 25.7 Å². The number of carbonyl (C=O) groups is 3. The van der Waals surface area contributed by atoms with E-state index in [0.717, 1.165) is 46.1 Å². The van der Waals surface area contributed by atoms with Gasteiger partial charge in [0.25, 0.3) is 0 Å². The summed E-state index contributed by atoms with van der Waals surface area (Å²) in [6, 6.07) is 31.4. The number of fused-ring (bicyclic) bond motifs is 2. The van der Waals surface area contributed by atoms with Crippen molar-refractivity contribution in [3.05, 3.63) is 121 Å². The van der Waals surface area contributed by atoms with E-state index < -0.39 is 34.7 Å². The molecule has 0 N–H and O–H groups in total. The van der Waals surface area contributed by atoms with Crippen LogP contribution in [0.15, 0.2) is 97.1 Å². The number of hydrogen-bond acceptors (Lipinski definition) is 10. The number of halogens is 2. The van der Waals surface area contributed by atoms with E-state index in [1.165, 1.54) is 0 Å². The van der Waals surface area contributed by atoms with Crippen LogP contribution in [0, 0.1) is 7.14 Å². The highest BCUT2D eigenvalue weighted by Crippen LogP contribution is 2.52. The second-order valence-corrected chi connectivity index (χ2v) is 19.9. The summed E-state index contributed by atoms with van der Waals surface area (Å²) in [4.78, 5) is 37.5. The van der Waals surface area contributed by atoms with Gasteiger partial charge in [-0.05, 0) is 190 Å². The Balaban J connectivity index is 1.38. The van der Waals surface area contributed by atoms with E-state index >= 15 is 0 Å². The Morgan fingerprint density at radius 1 is 0.492 bits per heavy atom. The number of hydrogen-bond donors (Lipinski definition) is 0. The molecule has 0 saturated carbocycles. The lowest BCUT2D eigenvalue weighted by Crippen LogP contribution is -2.27. The van der Waals surface area contributed by atoms with E-state index in [0.29, 0.717) is 28.7 Å². The lowest BCUT2D eigenvalue weighted by atomic mass is 9.80. The van der Waals surface area contributed by atoms with Gasteiger partial charge in [0.2, 0.25) is 0 Å². The third-order valence-electron chi connectivity index (χ3n) is 8.89. The van der Waals surface area contributed by atoms with E-state index in [9.17, 15) is 14.4 Å². The van der Waals surface area contributed by atoms with Crippen molar-refractivity contribution >= 4 is 63.1 Å². The SMILES string of the molecule is CC(C)(C)OC(=O)COc1ccc(-c2ccc3c(c2)C(c2cc(I)cc(I)c2OCC(=O)OC(C)(C)C)c2cc(-c4ccc(OCC(=O)OC(C)(C)C)cc4)ccc2O3)cc1. The monoisotopic (exact) mass is 1050 g/mol. The second-order valence-electron chi connectivity index (χ2n) is 17.5. The topological polar surface area (TPSA) is 116 Å². The predicted molar refractivity (Wildman–Crippen MR) is 251 cm³/mol. The van der Waals surface area contributed by atoms with Crippen molar-refractivity contribution in [1.29, 1.82) is 0 Å². The zero-order valence-electron chi connectivity index (χ0n) is 35.8. The van der Waals surface area contributed by atoms with E-state index in [1.807, 2.05) is 141 Å². The first-order chi connectivity index (χ1) is 28.6. The summed E-state index contributed by atoms with van der Waals surface area (Å²) < 4.78 is 42.7. The van der Waals surface area contributed by atoms with Crippen LogP contribution in [0.2, 0.25) is 0 Å². The molecule has 6 rings (SSSR count). The average Bonchev–Trinajstić information content (AvgIpc) is 3.16. The molecule has 0 aliphatic carbocycles. The van der Waals surface area contributed by atoms with Crippen LogP contribution in [0.1, 0.15) is 84.9 Å². The standard InChI is InChI=1S/C49H50I2O10/c1-47(2,3)59-42(52)26-55-34-16-10-29(11-17-34)31-14-20-40-36(22-31)45(38-24-33(50)25-39(51)46(38)57-28-44(54)61-49(7,8)9)37-23-32(15-21-41(37)58-40)30-12-18-35(19-13-30)56-27-43(53)60-48(4,5)6/h10-25,45H,26-28H2,1-9H3. The molecule has 0 spiro atoms. The normalized spacial score (nSPS) is 12.6. The second kappa shape index (κ2) is 18.6. The molecule has 61 heavy (non-hydrogen) atoms. The molecule has 0 aromatic heterocycles. The minimum atomic E-state index is -0.668. The van der Waals surface area contributed by atoms with Crippen LogP contribution < -0.4 is 18.9 Å². The third kappa shape index (κ3) is 12.6. The molecule has 0 unspecified atom stereocenters. The average molecular weight is 1050 g/mol. The Kier molecular flexibility index (Phi) is 14.0. The van der Waals surface area contributed by atoms with Gasteiger partial charge >= 0.3 is 17.9 Å². The summed E-state index contributed by atoms with van der Waals surface area (Å²) in [5.41, 5.74) is 4.51. The number of rotatable bonds is 12. The first kappa shape index (κ1) is 45.7. The molecule has 0 atom stereocenters. The number of ether oxygens (including phenoxy) is 7. The Morgan fingerprint density at radius 2 is 0.869 bits per heavy atom. The van der Waals surface area contributed by atoms with Gasteiger partial charge < -0.3 is 33.2 Å². The Hall–Kier alpha value is -4.83. The van der Waals surface area contributed by atoms with Crippen molar-refractivity contribution in [1.82, 2.24) is 0 Å². The maximum atomic E-state index is 13.0. The van der Waals surface area contributed by atoms with Gasteiger partial charge in [0.05, 0.1) is 3.57 Å². The lowest BCUT2D eigenvalue weighted by molar-refractivity contribution is -0.158. The van der Waals surface area contributed by atoms with Gasteiger partial charge in [-0.25, -0.2) is 14.4 Å². The van der Waals surface area contributed by atoms with Crippen LogP contribution in [-0.4, -0.2) is 54.5 Å². The van der Waals surface area contributed by atoms with Crippen LogP contribution in [0.3, 0.4) is 0 Å². The van der Waals surface area contributed by atoms with Gasteiger partial charge in [-0.1, -0.05) is 36.4 Å². The third-order valence-corrected chi connectivity index (χ3v) is 10.3. The quantitative estimate of drug-likeness (QED) is 0.0666. The molecule has 10 nitrogen and oxygen atoms in total. The fraction of sp³-hybridized carbons (Fsp3) is 0.327. The molecule has 0 saturated heterocycles. The first-order valence-electron chi connectivity index (χ1n) is 19.8. The molecule has 1 aliphatic heterocycles. The summed E-state index contributed by atoms with van der Waals surface area (Å²) in [6.07, 6.45) is 0. The minimum Gasteiger partial charge on any atom is -0.482 e. The van der Waals surface area contributed by atoms with E-state index in [2.05, 4.69) is 63.4 Å². The summed E-state index contributed by atoms with van der Waals surface area (Å²) in [5.74, 6) is 1.28. The number of carbonyl (C=O) groups excluding carboxylic acids is 3. The van der Waals surface area contributed by atoms with Crippen LogP contribution in [0.4, 0.5) is 0 Å². The molecule has 0 radical (unpaired) electrons. The van der Waals surface area contributed by atoms with Crippen molar-refractivity contribution in [3.63, 3.8) is 0 Å². The van der Waals surface area contributed by atoms with Gasteiger partial charge in [-0.15, -0.1) is 0 Å². The van der Waals surface area contributed by atoms with E-state index in [4.69, 9.17) is 33.2 Å². The Labute approximate surface area is 384 Å². The van der Waals surface area contributed by atoms with Crippen molar-refractivity contribution in [3.8, 4) is 51.0 Å². The van der Waals surface area contributed by atoms with E-state index in [1.54, 1.807) is 0 Å². The van der Waals surface area contributed by atoms with Crippen molar-refractivity contribution in [2.75, 3.05) is 19.8 Å². The summed E-state index contributed by atoms with van der Waals surface area (Å²) >= 11 is 4.57. The molecule has 320 valence electrons. The molecule has 5 aromatic carbocycles. The van der Waals surface area contributed by atoms with Crippen molar-refractivity contribution in [2.45, 2.75) is 85.0 Å². The van der Waals surface area contributed by atoms with Crippen LogP contribution >= 0.6 is 45.2 Å². The molecular formula is C49H50I2O10. The molecule has 1 aliphatic rings. The van der Waals surface area contributed by atoms with Crippen LogP contribution in [0.25, 0.3) is 22.3 Å². The van der Waals surface area contributed by atoms with Gasteiger partial charge in [0.1, 0.15) is 45.6 Å². The molecule has 0 bridgehead atoms. The molecule has 0 fully saturated rings. The molecule has 0 amide bonds. The van der Waals surface area contributed by atoms with Crippen LogP contribution in [0.5, 0.6) is 28.7 Å². The molecule has 1 heterocycles. The van der Waals surface area contributed by atoms with Gasteiger partial charge in [-0.2, -0.15) is 0 Å². The zero-order chi connectivity index (χ0) is 44.3. The highest BCUT2D eigenvalue weighted by atomic mass is 127. The smallest absolute Gasteiger partial charge is 0.344 e. The van der Waals surface area contributed by atoms with Crippen LogP contribution in [-0.2, 0) is 28.6 Å². The maximum absolute atomic E-state index is 13.0. The van der Waals surface area contributed by atoms with Gasteiger partial charge in [0, 0.05) is 26.2 Å². The predicted octanol–water partition coefficient (Wildman–Crippen LogP) is 11.7. The van der Waals surface area contributed by atoms with Crippen molar-refractivity contribution in [2.24, 2.45) is 0 Å². The summed E-state index contributed by atoms with van der Waals surface area (Å²) in [5, 5.41) is 0. The fourth-order valence-electron chi connectivity index (χ4n) is 6.68. The minimum absolute atomic E-state index is 0.199. The first-order valence-corrected chi connectivity index (χ1v) is 22.0. The van der Waals surface area contributed by atoms with Gasteiger partial charge in [-0.3, -0.25) is 0 Å². The number of benzene rings is 5. The summed E-state index contributed by atoms with van der Waals surface area (Å²) in [7, 11) is 0. The summed E-state index contributed by atoms with van der Waals surface area (Å²) in [6.45, 7) is 15.7. The molecular weight excluding hydrogens is 1000 g/mol. The zero-order valence-corrected chi connectivity index (χ0v) is 40.1. The lowest BCUT2D eigenvalue weighted by Gasteiger charge is -2.31. The molecule has 5 aromatic rings. The van der Waals surface area contributed by atoms with Crippen molar-refractivity contribution < 1.29 is 47.5 Å².